The molecule has 0 saturated carbocycles. The van der Waals surface area contributed by atoms with E-state index in [-0.39, 0.29) is 5.78 Å². The van der Waals surface area contributed by atoms with Gasteiger partial charge in [-0.25, -0.2) is 0 Å². The maximum absolute atomic E-state index is 12.9. The van der Waals surface area contributed by atoms with Gasteiger partial charge in [-0.05, 0) is 84.6 Å². The number of thioether (sulfide) groups is 2. The Kier molecular flexibility index (Phi) is 7.51. The summed E-state index contributed by atoms with van der Waals surface area (Å²) in [5.74, 6) is 1.93. The van der Waals surface area contributed by atoms with Crippen molar-refractivity contribution in [3.63, 3.8) is 0 Å². The molecule has 0 saturated heterocycles. The van der Waals surface area contributed by atoms with E-state index < -0.39 is 0 Å². The van der Waals surface area contributed by atoms with Crippen LogP contribution in [0.1, 0.15) is 38.2 Å². The second-order valence-corrected chi connectivity index (χ2v) is 9.91. The highest BCUT2D eigenvalue weighted by Gasteiger charge is 2.10. The number of benzene rings is 4. The van der Waals surface area contributed by atoms with E-state index in [0.29, 0.717) is 0 Å². The number of carbonyl (C=O) groups excluding carboxylic acids is 1. The van der Waals surface area contributed by atoms with Crippen LogP contribution in [0.2, 0.25) is 0 Å². The Hall–Kier alpha value is -2.75. The summed E-state index contributed by atoms with van der Waals surface area (Å²) in [6, 6.07) is 32.8. The SMILES string of the molecule is Cc1ccccc1CSc1ccc(C(=O)c2ccc(SCc3ccccc3C)cc2)cc1. The van der Waals surface area contributed by atoms with Gasteiger partial charge in [-0.15, -0.1) is 23.5 Å². The van der Waals surface area contributed by atoms with Crippen molar-refractivity contribution >= 4 is 29.3 Å². The molecule has 1 nitrogen and oxygen atoms in total. The van der Waals surface area contributed by atoms with Crippen LogP contribution in [0, 0.1) is 13.8 Å². The van der Waals surface area contributed by atoms with Crippen LogP contribution in [0.4, 0.5) is 0 Å². The van der Waals surface area contributed by atoms with E-state index in [1.165, 1.54) is 32.0 Å². The van der Waals surface area contributed by atoms with Gasteiger partial charge in [0, 0.05) is 32.4 Å². The van der Waals surface area contributed by atoms with Crippen molar-refractivity contribution < 1.29 is 4.79 Å². The Bertz CT molecular complexity index is 1100. The molecule has 0 aromatic heterocycles. The summed E-state index contributed by atoms with van der Waals surface area (Å²) in [5, 5.41) is 0. The van der Waals surface area contributed by atoms with Crippen molar-refractivity contribution in [1.82, 2.24) is 0 Å². The lowest BCUT2D eigenvalue weighted by molar-refractivity contribution is 0.103. The van der Waals surface area contributed by atoms with Crippen LogP contribution in [-0.4, -0.2) is 5.78 Å². The minimum Gasteiger partial charge on any atom is -0.289 e. The van der Waals surface area contributed by atoms with E-state index in [2.05, 4.69) is 62.4 Å². The second-order valence-electron chi connectivity index (χ2n) is 7.81. The lowest BCUT2D eigenvalue weighted by Crippen LogP contribution is -2.00. The summed E-state index contributed by atoms with van der Waals surface area (Å²) in [4.78, 5) is 15.3. The molecule has 0 unspecified atom stereocenters. The maximum Gasteiger partial charge on any atom is 0.193 e. The predicted octanol–water partition coefficient (Wildman–Crippen LogP) is 8.12. The third-order valence-electron chi connectivity index (χ3n) is 5.54. The third kappa shape index (κ3) is 5.73. The van der Waals surface area contributed by atoms with E-state index in [9.17, 15) is 4.79 Å². The molecule has 0 bridgehead atoms. The fraction of sp³-hybridized carbons (Fsp3) is 0.138. The van der Waals surface area contributed by atoms with E-state index in [0.717, 1.165) is 22.6 Å². The minimum atomic E-state index is 0.0657. The number of carbonyl (C=O) groups is 1. The lowest BCUT2D eigenvalue weighted by atomic mass is 10.0. The smallest absolute Gasteiger partial charge is 0.193 e. The van der Waals surface area contributed by atoms with E-state index in [1.807, 2.05) is 48.5 Å². The van der Waals surface area contributed by atoms with Gasteiger partial charge < -0.3 is 0 Å². The maximum atomic E-state index is 12.9. The average molecular weight is 455 g/mol. The highest BCUT2D eigenvalue weighted by Crippen LogP contribution is 2.27. The first-order valence-corrected chi connectivity index (χ1v) is 12.7. The Morgan fingerprint density at radius 2 is 0.938 bits per heavy atom. The molecule has 160 valence electrons. The summed E-state index contributed by atoms with van der Waals surface area (Å²) in [6.07, 6.45) is 0. The average Bonchev–Trinajstić information content (AvgIpc) is 2.83. The summed E-state index contributed by atoms with van der Waals surface area (Å²) in [6.45, 7) is 4.29. The monoisotopic (exact) mass is 454 g/mol. The van der Waals surface area contributed by atoms with Crippen LogP contribution in [-0.2, 0) is 11.5 Å². The summed E-state index contributed by atoms with van der Waals surface area (Å²) in [7, 11) is 0. The Morgan fingerprint density at radius 1 is 0.562 bits per heavy atom. The van der Waals surface area contributed by atoms with Gasteiger partial charge in [-0.2, -0.15) is 0 Å². The van der Waals surface area contributed by atoms with Crippen LogP contribution >= 0.6 is 23.5 Å². The van der Waals surface area contributed by atoms with E-state index >= 15 is 0 Å². The summed E-state index contributed by atoms with van der Waals surface area (Å²) >= 11 is 3.59. The van der Waals surface area contributed by atoms with Gasteiger partial charge in [0.1, 0.15) is 0 Å². The van der Waals surface area contributed by atoms with E-state index in [4.69, 9.17) is 0 Å². The van der Waals surface area contributed by atoms with Crippen LogP contribution in [0.25, 0.3) is 0 Å². The molecular weight excluding hydrogens is 428 g/mol. The first-order valence-electron chi connectivity index (χ1n) is 10.7. The molecule has 0 amide bonds. The first kappa shape index (κ1) is 22.4. The van der Waals surface area contributed by atoms with Crippen LogP contribution < -0.4 is 0 Å². The van der Waals surface area contributed by atoms with Gasteiger partial charge in [-0.1, -0.05) is 48.5 Å². The molecule has 0 atom stereocenters. The highest BCUT2D eigenvalue weighted by molar-refractivity contribution is 7.98. The van der Waals surface area contributed by atoms with Crippen LogP contribution in [0.15, 0.2) is 107 Å². The summed E-state index contributed by atoms with van der Waals surface area (Å²) in [5.41, 5.74) is 6.77. The van der Waals surface area contributed by atoms with Gasteiger partial charge in [0.15, 0.2) is 5.78 Å². The topological polar surface area (TPSA) is 17.1 Å². The number of hydrogen-bond donors (Lipinski definition) is 0. The van der Waals surface area contributed by atoms with Gasteiger partial charge >= 0.3 is 0 Å². The second kappa shape index (κ2) is 10.7. The highest BCUT2D eigenvalue weighted by atomic mass is 32.2. The zero-order valence-electron chi connectivity index (χ0n) is 18.4. The molecule has 0 radical (unpaired) electrons. The van der Waals surface area contributed by atoms with Crippen molar-refractivity contribution in [2.45, 2.75) is 35.1 Å². The van der Waals surface area contributed by atoms with Crippen LogP contribution in [0.5, 0.6) is 0 Å². The summed E-state index contributed by atoms with van der Waals surface area (Å²) < 4.78 is 0. The number of aryl methyl sites for hydroxylation is 2. The molecule has 0 fully saturated rings. The number of ketones is 1. The Morgan fingerprint density at radius 3 is 1.31 bits per heavy atom. The fourth-order valence-corrected chi connectivity index (χ4v) is 5.39. The fourth-order valence-electron chi connectivity index (χ4n) is 3.44. The number of rotatable bonds is 8. The zero-order valence-corrected chi connectivity index (χ0v) is 20.0. The normalized spacial score (nSPS) is 10.8. The molecule has 4 rings (SSSR count). The van der Waals surface area contributed by atoms with Gasteiger partial charge in [0.2, 0.25) is 0 Å². The van der Waals surface area contributed by atoms with Crippen molar-refractivity contribution in [2.24, 2.45) is 0 Å². The Balaban J connectivity index is 1.35. The third-order valence-corrected chi connectivity index (χ3v) is 7.67. The molecule has 0 aliphatic carbocycles. The predicted molar refractivity (Wildman–Crippen MR) is 138 cm³/mol. The number of hydrogen-bond acceptors (Lipinski definition) is 3. The molecule has 4 aromatic carbocycles. The molecule has 0 spiro atoms. The molecule has 3 heteroatoms. The molecule has 0 aliphatic rings. The van der Waals surface area contributed by atoms with Crippen molar-refractivity contribution in [3.8, 4) is 0 Å². The molecule has 4 aromatic rings. The van der Waals surface area contributed by atoms with Gasteiger partial charge in [0.25, 0.3) is 0 Å². The molecule has 32 heavy (non-hydrogen) atoms. The van der Waals surface area contributed by atoms with Gasteiger partial charge in [0.05, 0.1) is 0 Å². The molecular formula is C29H26OS2. The zero-order chi connectivity index (χ0) is 22.3. The van der Waals surface area contributed by atoms with Gasteiger partial charge in [-0.3, -0.25) is 4.79 Å². The minimum absolute atomic E-state index is 0.0657. The standard InChI is InChI=1S/C29H26OS2/c1-21-7-3-5-9-25(21)19-31-27-15-11-23(12-16-27)29(30)24-13-17-28(18-14-24)32-20-26-10-6-4-8-22(26)2/h3-18H,19-20H2,1-2H3. The lowest BCUT2D eigenvalue weighted by Gasteiger charge is -2.08. The first-order chi connectivity index (χ1) is 15.6. The van der Waals surface area contributed by atoms with Crippen molar-refractivity contribution in [1.29, 1.82) is 0 Å². The van der Waals surface area contributed by atoms with Crippen molar-refractivity contribution in [2.75, 3.05) is 0 Å². The van der Waals surface area contributed by atoms with E-state index in [1.54, 1.807) is 23.5 Å². The molecule has 0 N–H and O–H groups in total. The largest absolute Gasteiger partial charge is 0.289 e. The quantitative estimate of drug-likeness (QED) is 0.198. The molecule has 0 heterocycles. The molecule has 0 aliphatic heterocycles. The van der Waals surface area contributed by atoms with Crippen LogP contribution in [0.3, 0.4) is 0 Å². The van der Waals surface area contributed by atoms with Crippen molar-refractivity contribution in [3.05, 3.63) is 130 Å². The Labute approximate surface area is 199 Å².